The summed E-state index contributed by atoms with van der Waals surface area (Å²) < 4.78 is 59.6. The monoisotopic (exact) mass is 732 g/mol. The molecular weight excluding hydrogens is 692 g/mol. The second-order valence-electron chi connectivity index (χ2n) is 11.9. The first-order valence-corrected chi connectivity index (χ1v) is 17.1. The number of hydrogen-bond acceptors (Lipinski definition) is 16. The Balaban J connectivity index is 1.52. The molecule has 0 amide bonds. The second-order valence-corrected chi connectivity index (χ2v) is 13.1. The number of fused-ring (bicyclic) bond motifs is 1. The molecule has 2 aromatic carbocycles. The fourth-order valence-corrected chi connectivity index (χ4v) is 7.11. The minimum absolute atomic E-state index is 0.0497. The molecule has 16 heteroatoms. The van der Waals surface area contributed by atoms with Crippen LogP contribution in [-0.4, -0.2) is 104 Å². The number of carbonyl (C=O) groups excluding carboxylic acids is 5. The van der Waals surface area contributed by atoms with Crippen LogP contribution in [0.25, 0.3) is 0 Å². The summed E-state index contributed by atoms with van der Waals surface area (Å²) in [5.41, 5.74) is -0.290. The van der Waals surface area contributed by atoms with Crippen LogP contribution >= 0.6 is 11.8 Å². The first-order valence-electron chi connectivity index (χ1n) is 16.2. The van der Waals surface area contributed by atoms with Gasteiger partial charge < -0.3 is 47.4 Å². The molecule has 3 aliphatic rings. The molecule has 51 heavy (non-hydrogen) atoms. The number of ether oxygens (including phenoxy) is 10. The lowest BCUT2D eigenvalue weighted by Crippen LogP contribution is -2.67. The van der Waals surface area contributed by atoms with Crippen LogP contribution in [0.15, 0.2) is 65.6 Å². The number of rotatable bonds is 11. The summed E-state index contributed by atoms with van der Waals surface area (Å²) >= 11 is 1.18. The summed E-state index contributed by atoms with van der Waals surface area (Å²) in [6.07, 6.45) is -12.1. The van der Waals surface area contributed by atoms with Gasteiger partial charge in [-0.15, -0.1) is 0 Å². The Hall–Kier alpha value is -4.06. The zero-order chi connectivity index (χ0) is 36.7. The van der Waals surface area contributed by atoms with E-state index in [0.29, 0.717) is 5.56 Å². The van der Waals surface area contributed by atoms with Gasteiger partial charge in [-0.3, -0.25) is 24.0 Å². The minimum Gasteiger partial charge on any atom is -0.463 e. The normalized spacial score (nSPS) is 31.7. The van der Waals surface area contributed by atoms with Gasteiger partial charge in [0.05, 0.1) is 6.61 Å². The Morgan fingerprint density at radius 3 is 1.82 bits per heavy atom. The van der Waals surface area contributed by atoms with Crippen molar-refractivity contribution in [3.63, 3.8) is 0 Å². The average Bonchev–Trinajstić information content (AvgIpc) is 3.07. The maximum Gasteiger partial charge on any atom is 0.303 e. The van der Waals surface area contributed by atoms with Gasteiger partial charge >= 0.3 is 29.8 Å². The van der Waals surface area contributed by atoms with E-state index in [9.17, 15) is 24.0 Å². The Bertz CT molecular complexity index is 1520. The van der Waals surface area contributed by atoms with Crippen molar-refractivity contribution in [3.05, 3.63) is 66.2 Å². The van der Waals surface area contributed by atoms with Crippen LogP contribution in [0.5, 0.6) is 0 Å². The first kappa shape index (κ1) is 38.2. The van der Waals surface area contributed by atoms with Crippen LogP contribution in [-0.2, 0) is 71.3 Å². The lowest BCUT2D eigenvalue weighted by Gasteiger charge is -2.50. The zero-order valence-corrected chi connectivity index (χ0v) is 29.4. The van der Waals surface area contributed by atoms with Crippen LogP contribution in [0.1, 0.15) is 46.5 Å². The molecule has 276 valence electrons. The summed E-state index contributed by atoms with van der Waals surface area (Å²) in [4.78, 5) is 62.7. The van der Waals surface area contributed by atoms with Crippen LogP contribution in [0.2, 0.25) is 0 Å². The van der Waals surface area contributed by atoms with Crippen molar-refractivity contribution in [2.45, 2.75) is 106 Å². The molecule has 3 fully saturated rings. The van der Waals surface area contributed by atoms with Crippen LogP contribution in [0, 0.1) is 0 Å². The maximum atomic E-state index is 12.6. The van der Waals surface area contributed by atoms with E-state index < -0.39 is 96.7 Å². The quantitative estimate of drug-likeness (QED) is 0.243. The van der Waals surface area contributed by atoms with Crippen molar-refractivity contribution in [3.8, 4) is 0 Å². The van der Waals surface area contributed by atoms with Gasteiger partial charge in [0.15, 0.2) is 37.0 Å². The fourth-order valence-electron chi connectivity index (χ4n) is 5.98. The predicted octanol–water partition coefficient (Wildman–Crippen LogP) is 3.02. The van der Waals surface area contributed by atoms with Gasteiger partial charge in [0.1, 0.15) is 36.5 Å². The van der Waals surface area contributed by atoms with Crippen molar-refractivity contribution in [2.24, 2.45) is 0 Å². The highest BCUT2D eigenvalue weighted by molar-refractivity contribution is 7.99. The third kappa shape index (κ3) is 10.1. The van der Waals surface area contributed by atoms with Gasteiger partial charge in [-0.2, -0.15) is 0 Å². The molecule has 3 heterocycles. The third-order valence-corrected chi connectivity index (χ3v) is 9.05. The SMILES string of the molecule is CC(=O)OC[C@H]1O[C@@H](Sc2ccccc2)[C@H](OC(C)=O)[C@@H](OC(C)=O)[C@@H]1O[C@@H]1O[C@@H]2COC(c3ccccc3)O[C@@H]2[C@H](OC(C)=O)[C@H]1OC(C)=O. The predicted molar refractivity (Wildman–Crippen MR) is 173 cm³/mol. The number of benzene rings is 2. The van der Waals surface area contributed by atoms with Gasteiger partial charge in [-0.25, -0.2) is 0 Å². The molecule has 11 atom stereocenters. The van der Waals surface area contributed by atoms with Crippen LogP contribution < -0.4 is 0 Å². The highest BCUT2D eigenvalue weighted by Crippen LogP contribution is 2.41. The zero-order valence-electron chi connectivity index (χ0n) is 28.6. The highest BCUT2D eigenvalue weighted by atomic mass is 32.2. The molecule has 3 saturated heterocycles. The van der Waals surface area contributed by atoms with Crippen molar-refractivity contribution in [1.29, 1.82) is 0 Å². The van der Waals surface area contributed by atoms with E-state index in [2.05, 4.69) is 0 Å². The van der Waals surface area contributed by atoms with E-state index >= 15 is 0 Å². The van der Waals surface area contributed by atoms with E-state index in [0.717, 1.165) is 18.7 Å². The van der Waals surface area contributed by atoms with Crippen molar-refractivity contribution < 1.29 is 71.3 Å². The molecule has 0 N–H and O–H groups in total. The number of thioether (sulfide) groups is 1. The lowest BCUT2D eigenvalue weighted by molar-refractivity contribution is -0.378. The van der Waals surface area contributed by atoms with Gasteiger partial charge in [-0.1, -0.05) is 60.3 Å². The van der Waals surface area contributed by atoms with E-state index in [-0.39, 0.29) is 13.2 Å². The second kappa shape index (κ2) is 17.4. The molecule has 15 nitrogen and oxygen atoms in total. The molecule has 0 aliphatic carbocycles. The van der Waals surface area contributed by atoms with Gasteiger partial charge in [-0.05, 0) is 12.1 Å². The summed E-state index contributed by atoms with van der Waals surface area (Å²) in [5.74, 6) is -3.55. The van der Waals surface area contributed by atoms with E-state index in [4.69, 9.17) is 47.4 Å². The topological polar surface area (TPSA) is 178 Å². The molecular formula is C35H40O15S. The molecule has 1 unspecified atom stereocenters. The smallest absolute Gasteiger partial charge is 0.303 e. The summed E-state index contributed by atoms with van der Waals surface area (Å²) in [6.45, 7) is 5.47. The lowest BCUT2D eigenvalue weighted by atomic mass is 9.95. The number of carbonyl (C=O) groups is 5. The maximum absolute atomic E-state index is 12.6. The van der Waals surface area contributed by atoms with Crippen LogP contribution in [0.4, 0.5) is 0 Å². The van der Waals surface area contributed by atoms with E-state index in [1.807, 2.05) is 36.4 Å². The first-order chi connectivity index (χ1) is 24.4. The van der Waals surface area contributed by atoms with Gasteiger partial charge in [0.25, 0.3) is 0 Å². The average molecular weight is 733 g/mol. The number of esters is 5. The van der Waals surface area contributed by atoms with E-state index in [1.54, 1.807) is 24.3 Å². The summed E-state index contributed by atoms with van der Waals surface area (Å²) in [6, 6.07) is 18.1. The molecule has 0 radical (unpaired) electrons. The molecule has 3 aliphatic heterocycles. The Morgan fingerprint density at radius 1 is 0.647 bits per heavy atom. The Labute approximate surface area is 298 Å². The molecule has 0 bridgehead atoms. The van der Waals surface area contributed by atoms with E-state index in [1.165, 1.54) is 32.5 Å². The summed E-state index contributed by atoms with van der Waals surface area (Å²) in [7, 11) is 0. The molecule has 0 saturated carbocycles. The third-order valence-electron chi connectivity index (χ3n) is 7.89. The molecule has 0 spiro atoms. The van der Waals surface area contributed by atoms with Crippen molar-refractivity contribution in [1.82, 2.24) is 0 Å². The minimum atomic E-state index is -1.53. The molecule has 0 aromatic heterocycles. The molecule has 5 rings (SSSR count). The fraction of sp³-hybridized carbons (Fsp3) is 0.514. The van der Waals surface area contributed by atoms with Crippen molar-refractivity contribution >= 4 is 41.6 Å². The molecule has 2 aromatic rings. The van der Waals surface area contributed by atoms with Gasteiger partial charge in [0.2, 0.25) is 0 Å². The summed E-state index contributed by atoms with van der Waals surface area (Å²) in [5, 5.41) is 0. The largest absolute Gasteiger partial charge is 0.463 e. The standard InChI is InChI=1S/C35H40O15S/c1-18(36)41-16-26-28(30(44-20(3)38)32(46-22(5)40)35(48-26)51-24-14-10-7-11-15-24)50-34-31(45-21(4)39)29(43-19(2)37)27-25(47-34)17-42-33(49-27)23-12-8-6-9-13-23/h6-15,25-35H,16-17H2,1-5H3/t25-,26-,27+,28-,29+,30+,31-,32-,33?,34+,35+/m1/s1. The number of hydrogen-bond donors (Lipinski definition) is 0. The van der Waals surface area contributed by atoms with Gasteiger partial charge in [0, 0.05) is 45.1 Å². The Kier molecular flexibility index (Phi) is 13.1. The van der Waals surface area contributed by atoms with Crippen LogP contribution in [0.3, 0.4) is 0 Å². The highest BCUT2D eigenvalue weighted by Gasteiger charge is 2.58. The van der Waals surface area contributed by atoms with Crippen molar-refractivity contribution in [2.75, 3.05) is 13.2 Å². The Morgan fingerprint density at radius 2 is 1.22 bits per heavy atom.